The maximum atomic E-state index is 13.8. The molecule has 86 valence electrons. The molecule has 0 spiro atoms. The van der Waals surface area contributed by atoms with E-state index in [1.54, 1.807) is 18.2 Å². The summed E-state index contributed by atoms with van der Waals surface area (Å²) in [4.78, 5) is 13.0. The van der Waals surface area contributed by atoms with Crippen LogP contribution in [0.15, 0.2) is 22.7 Å². The summed E-state index contributed by atoms with van der Waals surface area (Å²) in [6, 6.07) is 4.84. The smallest absolute Gasteiger partial charge is 0.227 e. The van der Waals surface area contributed by atoms with Gasteiger partial charge >= 0.3 is 0 Å². The van der Waals surface area contributed by atoms with Gasteiger partial charge < -0.3 is 10.0 Å². The Hall–Kier alpha value is -0.940. The molecule has 0 aliphatic carbocycles. The summed E-state index contributed by atoms with van der Waals surface area (Å²) in [5.41, 5.74) is 0.273. The van der Waals surface area contributed by atoms with E-state index in [2.05, 4.69) is 15.9 Å². The number of carbonyl (C=O) groups excluding carboxylic acids is 1. The predicted octanol–water partition coefficient (Wildman–Crippen LogP) is 1.93. The second-order valence-corrected chi connectivity index (χ2v) is 4.68. The van der Waals surface area contributed by atoms with Crippen molar-refractivity contribution in [1.29, 1.82) is 0 Å². The Morgan fingerprint density at radius 1 is 1.56 bits per heavy atom. The standard InChI is InChI=1S/C11H11BrFNO2/c12-8-2-1-3-9(11(8)13)14-5-7(6-15)4-10(14)16/h1-3,7,15H,4-6H2. The molecule has 2 rings (SSSR count). The molecule has 1 heterocycles. The van der Waals surface area contributed by atoms with Gasteiger partial charge in [-0.3, -0.25) is 4.79 Å². The molecule has 0 bridgehead atoms. The maximum Gasteiger partial charge on any atom is 0.227 e. The van der Waals surface area contributed by atoms with Crippen molar-refractivity contribution in [3.8, 4) is 0 Å². The van der Waals surface area contributed by atoms with E-state index in [-0.39, 0.29) is 30.5 Å². The third-order valence-corrected chi connectivity index (χ3v) is 3.30. The monoisotopic (exact) mass is 287 g/mol. The third-order valence-electron chi connectivity index (χ3n) is 2.69. The first-order chi connectivity index (χ1) is 7.63. The van der Waals surface area contributed by atoms with Crippen molar-refractivity contribution in [3.63, 3.8) is 0 Å². The summed E-state index contributed by atoms with van der Waals surface area (Å²) >= 11 is 3.08. The molecule has 0 saturated carbocycles. The molecule has 1 unspecified atom stereocenters. The summed E-state index contributed by atoms with van der Waals surface area (Å²) in [6.07, 6.45) is 0.280. The van der Waals surface area contributed by atoms with E-state index in [0.29, 0.717) is 11.0 Å². The van der Waals surface area contributed by atoms with Gasteiger partial charge in [0.1, 0.15) is 0 Å². The number of aliphatic hydroxyl groups excluding tert-OH is 1. The highest BCUT2D eigenvalue weighted by Gasteiger charge is 2.31. The second-order valence-electron chi connectivity index (χ2n) is 3.83. The summed E-state index contributed by atoms with van der Waals surface area (Å²) < 4.78 is 14.1. The number of halogens is 2. The van der Waals surface area contributed by atoms with E-state index in [9.17, 15) is 9.18 Å². The van der Waals surface area contributed by atoms with E-state index < -0.39 is 5.82 Å². The molecule has 1 aromatic carbocycles. The number of hydrogen-bond acceptors (Lipinski definition) is 2. The van der Waals surface area contributed by atoms with Crippen LogP contribution in [0.25, 0.3) is 0 Å². The largest absolute Gasteiger partial charge is 0.396 e. The quantitative estimate of drug-likeness (QED) is 0.903. The van der Waals surface area contributed by atoms with Gasteiger partial charge in [-0.25, -0.2) is 4.39 Å². The highest BCUT2D eigenvalue weighted by atomic mass is 79.9. The molecule has 0 aromatic heterocycles. The number of nitrogens with zero attached hydrogens (tertiary/aromatic N) is 1. The molecule has 3 nitrogen and oxygen atoms in total. The number of hydrogen-bond donors (Lipinski definition) is 1. The molecule has 1 atom stereocenters. The lowest BCUT2D eigenvalue weighted by molar-refractivity contribution is -0.117. The number of amides is 1. The molecule has 1 N–H and O–H groups in total. The van der Waals surface area contributed by atoms with Gasteiger partial charge in [0.2, 0.25) is 5.91 Å². The van der Waals surface area contributed by atoms with Crippen molar-refractivity contribution in [2.45, 2.75) is 6.42 Å². The van der Waals surface area contributed by atoms with Crippen LogP contribution >= 0.6 is 15.9 Å². The van der Waals surface area contributed by atoms with Gasteiger partial charge in [0, 0.05) is 25.5 Å². The average Bonchev–Trinajstić information content (AvgIpc) is 2.64. The lowest BCUT2D eigenvalue weighted by atomic mass is 10.1. The highest BCUT2D eigenvalue weighted by Crippen LogP contribution is 2.30. The van der Waals surface area contributed by atoms with Gasteiger partial charge in [0.15, 0.2) is 5.82 Å². The Morgan fingerprint density at radius 3 is 2.94 bits per heavy atom. The first-order valence-electron chi connectivity index (χ1n) is 4.98. The number of carbonyl (C=O) groups is 1. The minimum absolute atomic E-state index is 0.0438. The molecule has 1 amide bonds. The molecule has 1 aliphatic rings. The van der Waals surface area contributed by atoms with Gasteiger partial charge in [0.05, 0.1) is 10.2 Å². The fraction of sp³-hybridized carbons (Fsp3) is 0.364. The minimum Gasteiger partial charge on any atom is -0.396 e. The van der Waals surface area contributed by atoms with E-state index >= 15 is 0 Å². The second kappa shape index (κ2) is 4.51. The van der Waals surface area contributed by atoms with Crippen molar-refractivity contribution >= 4 is 27.5 Å². The first-order valence-corrected chi connectivity index (χ1v) is 5.78. The van der Waals surface area contributed by atoms with Crippen LogP contribution in [0.5, 0.6) is 0 Å². The van der Waals surface area contributed by atoms with Crippen LogP contribution in [0.3, 0.4) is 0 Å². The van der Waals surface area contributed by atoms with Gasteiger partial charge in [-0.05, 0) is 28.1 Å². The first kappa shape index (κ1) is 11.5. The molecule has 5 heteroatoms. The number of aliphatic hydroxyl groups is 1. The molecule has 1 aromatic rings. The van der Waals surface area contributed by atoms with Crippen molar-refractivity contribution in [3.05, 3.63) is 28.5 Å². The molecule has 1 saturated heterocycles. The maximum absolute atomic E-state index is 13.8. The minimum atomic E-state index is -0.436. The lowest BCUT2D eigenvalue weighted by Gasteiger charge is -2.17. The van der Waals surface area contributed by atoms with Crippen molar-refractivity contribution in [2.75, 3.05) is 18.1 Å². The highest BCUT2D eigenvalue weighted by molar-refractivity contribution is 9.10. The fourth-order valence-corrected chi connectivity index (χ4v) is 2.19. The zero-order valence-electron chi connectivity index (χ0n) is 8.49. The lowest BCUT2D eigenvalue weighted by Crippen LogP contribution is -2.25. The molecule has 1 aliphatic heterocycles. The molecular formula is C11H11BrFNO2. The average molecular weight is 288 g/mol. The van der Waals surface area contributed by atoms with E-state index in [4.69, 9.17) is 5.11 Å². The van der Waals surface area contributed by atoms with Crippen LogP contribution < -0.4 is 4.90 Å². The van der Waals surface area contributed by atoms with Crippen LogP contribution in [0.2, 0.25) is 0 Å². The van der Waals surface area contributed by atoms with Crippen LogP contribution in [0, 0.1) is 11.7 Å². The normalized spacial score (nSPS) is 20.6. The summed E-state index contributed by atoms with van der Waals surface area (Å²) in [5, 5.41) is 8.99. The zero-order chi connectivity index (χ0) is 11.7. The third kappa shape index (κ3) is 1.97. The topological polar surface area (TPSA) is 40.5 Å². The molecular weight excluding hydrogens is 277 g/mol. The Morgan fingerprint density at radius 2 is 2.31 bits per heavy atom. The number of rotatable bonds is 2. The SMILES string of the molecule is O=C1CC(CO)CN1c1cccc(Br)c1F. The van der Waals surface area contributed by atoms with Gasteiger partial charge in [-0.1, -0.05) is 6.07 Å². The number of anilines is 1. The van der Waals surface area contributed by atoms with Crippen LogP contribution in [0.4, 0.5) is 10.1 Å². The molecule has 1 fully saturated rings. The Bertz CT molecular complexity index is 424. The van der Waals surface area contributed by atoms with E-state index in [1.165, 1.54) is 4.90 Å². The van der Waals surface area contributed by atoms with E-state index in [1.807, 2.05) is 0 Å². The summed E-state index contributed by atoms with van der Waals surface area (Å²) in [7, 11) is 0. The number of benzene rings is 1. The predicted molar refractivity (Wildman–Crippen MR) is 61.6 cm³/mol. The van der Waals surface area contributed by atoms with Gasteiger partial charge in [-0.15, -0.1) is 0 Å². The molecule has 0 radical (unpaired) electrons. The summed E-state index contributed by atoms with van der Waals surface area (Å²) in [5.74, 6) is -0.670. The Balaban J connectivity index is 2.31. The fourth-order valence-electron chi connectivity index (χ4n) is 1.84. The summed E-state index contributed by atoms with van der Waals surface area (Å²) in [6.45, 7) is 0.334. The Labute approximate surface area is 101 Å². The zero-order valence-corrected chi connectivity index (χ0v) is 10.1. The van der Waals surface area contributed by atoms with Gasteiger partial charge in [0.25, 0.3) is 0 Å². The van der Waals surface area contributed by atoms with Crippen LogP contribution in [-0.2, 0) is 4.79 Å². The Kier molecular flexibility index (Phi) is 3.25. The van der Waals surface area contributed by atoms with E-state index in [0.717, 1.165) is 0 Å². The van der Waals surface area contributed by atoms with Crippen LogP contribution in [-0.4, -0.2) is 24.2 Å². The van der Waals surface area contributed by atoms with Crippen LogP contribution in [0.1, 0.15) is 6.42 Å². The van der Waals surface area contributed by atoms with Gasteiger partial charge in [-0.2, -0.15) is 0 Å². The van der Waals surface area contributed by atoms with Crippen molar-refractivity contribution < 1.29 is 14.3 Å². The molecule has 16 heavy (non-hydrogen) atoms. The van der Waals surface area contributed by atoms with Crippen molar-refractivity contribution in [2.24, 2.45) is 5.92 Å². The van der Waals surface area contributed by atoms with Crippen molar-refractivity contribution in [1.82, 2.24) is 0 Å².